The highest BCUT2D eigenvalue weighted by Crippen LogP contribution is 2.17. The maximum absolute atomic E-state index is 13.8. The van der Waals surface area contributed by atoms with Gasteiger partial charge in [-0.25, -0.2) is 4.79 Å². The van der Waals surface area contributed by atoms with E-state index in [2.05, 4.69) is 5.32 Å². The van der Waals surface area contributed by atoms with Crippen molar-refractivity contribution in [2.75, 3.05) is 19.8 Å². The molecule has 1 aromatic rings. The first-order valence-corrected chi connectivity index (χ1v) is 12.1. The van der Waals surface area contributed by atoms with Crippen LogP contribution in [0.2, 0.25) is 0 Å². The summed E-state index contributed by atoms with van der Waals surface area (Å²) in [6.07, 6.45) is -2.49. The molecular weight excluding hydrogens is 454 g/mol. The number of nitrogens with one attached hydrogen (secondary N) is 2. The van der Waals surface area contributed by atoms with Crippen LogP contribution < -0.4 is 10.8 Å². The van der Waals surface area contributed by atoms with Gasteiger partial charge < -0.3 is 24.8 Å². The molecule has 1 rings (SSSR count). The van der Waals surface area contributed by atoms with Crippen LogP contribution in [-0.4, -0.2) is 66.1 Å². The predicted molar refractivity (Wildman–Crippen MR) is 131 cm³/mol. The zero-order valence-corrected chi connectivity index (χ0v) is 21.7. The lowest BCUT2D eigenvalue weighted by Gasteiger charge is -2.33. The number of hydrogen-bond donors (Lipinski definition) is 3. The molecule has 1 unspecified atom stereocenters. The first-order valence-electron chi connectivity index (χ1n) is 12.1. The zero-order chi connectivity index (χ0) is 26.4. The number of carbonyl (C=O) groups is 3. The molecule has 0 bridgehead atoms. The molecule has 0 saturated carbocycles. The van der Waals surface area contributed by atoms with E-state index in [1.165, 1.54) is 0 Å². The number of amides is 3. The summed E-state index contributed by atoms with van der Waals surface area (Å²) < 4.78 is 11.4. The second kappa shape index (κ2) is 16.1. The quantitative estimate of drug-likeness (QED) is 0.237. The topological polar surface area (TPSA) is 126 Å². The monoisotopic (exact) mass is 495 g/mol. The summed E-state index contributed by atoms with van der Waals surface area (Å²) in [7, 11) is 0. The molecule has 0 aliphatic rings. The summed E-state index contributed by atoms with van der Waals surface area (Å²) in [5.74, 6) is -1.38. The van der Waals surface area contributed by atoms with Crippen LogP contribution in [0.25, 0.3) is 0 Å². The smallest absolute Gasteiger partial charge is 0.428 e. The third-order valence-electron chi connectivity index (χ3n) is 5.52. The Hall–Kier alpha value is -2.69. The fourth-order valence-corrected chi connectivity index (χ4v) is 3.46. The van der Waals surface area contributed by atoms with Crippen LogP contribution in [0.15, 0.2) is 30.3 Å². The molecule has 0 radical (unpaired) electrons. The fraction of sp³-hybridized carbons (Fsp3) is 0.640. The molecule has 0 fully saturated rings. The lowest BCUT2D eigenvalue weighted by atomic mass is 9.96. The van der Waals surface area contributed by atoms with E-state index >= 15 is 0 Å². The first-order chi connectivity index (χ1) is 16.6. The van der Waals surface area contributed by atoms with Crippen LogP contribution in [0.1, 0.15) is 53.5 Å². The fourth-order valence-electron chi connectivity index (χ4n) is 3.46. The van der Waals surface area contributed by atoms with Crippen molar-refractivity contribution in [1.29, 1.82) is 0 Å². The molecule has 3 N–H and O–H groups in total. The molecule has 10 nitrogen and oxygen atoms in total. The summed E-state index contributed by atoms with van der Waals surface area (Å²) in [5.41, 5.74) is 2.72. The van der Waals surface area contributed by atoms with Crippen molar-refractivity contribution >= 4 is 17.9 Å². The van der Waals surface area contributed by atoms with Gasteiger partial charge in [-0.3, -0.25) is 14.4 Å². The Balaban J connectivity index is 3.21. The van der Waals surface area contributed by atoms with Gasteiger partial charge in [0.15, 0.2) is 12.4 Å². The Labute approximate surface area is 208 Å². The van der Waals surface area contributed by atoms with Crippen LogP contribution in [0.3, 0.4) is 0 Å². The Bertz CT molecular complexity index is 770. The second-order valence-corrected chi connectivity index (χ2v) is 8.61. The molecule has 0 heterocycles. The van der Waals surface area contributed by atoms with Crippen LogP contribution in [-0.2, 0) is 30.4 Å². The van der Waals surface area contributed by atoms with Crippen molar-refractivity contribution in [2.24, 2.45) is 11.8 Å². The maximum atomic E-state index is 13.8. The van der Waals surface area contributed by atoms with Gasteiger partial charge in [0.05, 0.1) is 6.54 Å². The number of carboxylic acid groups (broad SMARTS) is 1. The van der Waals surface area contributed by atoms with Gasteiger partial charge in [-0.1, -0.05) is 64.4 Å². The van der Waals surface area contributed by atoms with Crippen molar-refractivity contribution in [3.8, 4) is 0 Å². The van der Waals surface area contributed by atoms with E-state index in [-0.39, 0.29) is 24.3 Å². The van der Waals surface area contributed by atoms with E-state index in [9.17, 15) is 14.4 Å². The predicted octanol–water partition coefficient (Wildman–Crippen LogP) is 3.17. The Morgan fingerprint density at radius 3 is 2.09 bits per heavy atom. The van der Waals surface area contributed by atoms with Gasteiger partial charge in [-0.2, -0.15) is 5.48 Å². The Kier molecular flexibility index (Phi) is 13.9. The number of hydroxylamine groups is 1. The third-order valence-corrected chi connectivity index (χ3v) is 5.52. The Morgan fingerprint density at radius 2 is 1.60 bits per heavy atom. The number of ether oxygens (including phenoxy) is 2. The van der Waals surface area contributed by atoms with E-state index in [4.69, 9.17) is 19.4 Å². The molecule has 35 heavy (non-hydrogen) atoms. The highest BCUT2D eigenvalue weighted by atomic mass is 16.7. The summed E-state index contributed by atoms with van der Waals surface area (Å²) >= 11 is 0. The highest BCUT2D eigenvalue weighted by molar-refractivity contribution is 5.89. The molecule has 3 atom stereocenters. The lowest BCUT2D eigenvalue weighted by molar-refractivity contribution is -0.162. The van der Waals surface area contributed by atoms with Gasteiger partial charge in [-0.05, 0) is 31.2 Å². The van der Waals surface area contributed by atoms with Crippen molar-refractivity contribution in [1.82, 2.24) is 15.7 Å². The van der Waals surface area contributed by atoms with Gasteiger partial charge >= 0.3 is 6.09 Å². The molecule has 10 heteroatoms. The lowest BCUT2D eigenvalue weighted by Crippen LogP contribution is -2.56. The zero-order valence-electron chi connectivity index (χ0n) is 21.7. The van der Waals surface area contributed by atoms with E-state index in [0.29, 0.717) is 26.2 Å². The van der Waals surface area contributed by atoms with Crippen LogP contribution in [0.4, 0.5) is 4.79 Å². The first kappa shape index (κ1) is 30.3. The van der Waals surface area contributed by atoms with Crippen molar-refractivity contribution in [3.63, 3.8) is 0 Å². The number of carbonyl (C=O) groups excluding carboxylic acids is 2. The standard InChI is InChI=1S/C25H41N3O7/c1-7-18(6)21(26-23(29)22(17(4)5)35-27-25(31)32)24(30)28(15-19-13-11-10-12-14-19)16-20(33-8-2)34-9-3/h10-14,17-18,20-22,27H,7-9,15-16H2,1-6H3,(H,26,29)(H,31,32)/t18-,21-,22?/m0/s1. The normalized spacial score (nSPS) is 13.8. The van der Waals surface area contributed by atoms with E-state index in [1.807, 2.05) is 58.0 Å². The van der Waals surface area contributed by atoms with Gasteiger partial charge in [0.1, 0.15) is 6.04 Å². The molecular formula is C25H41N3O7. The molecule has 0 aromatic heterocycles. The average Bonchev–Trinajstić information content (AvgIpc) is 2.81. The van der Waals surface area contributed by atoms with Gasteiger partial charge in [0.2, 0.25) is 5.91 Å². The molecule has 0 spiro atoms. The minimum atomic E-state index is -1.41. The van der Waals surface area contributed by atoms with E-state index < -0.39 is 30.4 Å². The van der Waals surface area contributed by atoms with Crippen LogP contribution in [0.5, 0.6) is 0 Å². The van der Waals surface area contributed by atoms with Crippen molar-refractivity contribution in [2.45, 2.75) is 72.9 Å². The van der Waals surface area contributed by atoms with Crippen LogP contribution in [0, 0.1) is 11.8 Å². The molecule has 0 aliphatic carbocycles. The van der Waals surface area contributed by atoms with Crippen molar-refractivity contribution in [3.05, 3.63) is 35.9 Å². The van der Waals surface area contributed by atoms with E-state index in [0.717, 1.165) is 5.56 Å². The van der Waals surface area contributed by atoms with E-state index in [1.54, 1.807) is 24.2 Å². The Morgan fingerprint density at radius 1 is 1.00 bits per heavy atom. The molecule has 198 valence electrons. The van der Waals surface area contributed by atoms with Gasteiger partial charge in [0.25, 0.3) is 5.91 Å². The number of benzene rings is 1. The largest absolute Gasteiger partial charge is 0.464 e. The molecule has 3 amide bonds. The average molecular weight is 496 g/mol. The summed E-state index contributed by atoms with van der Waals surface area (Å²) in [5, 5.41) is 11.7. The summed E-state index contributed by atoms with van der Waals surface area (Å²) in [4.78, 5) is 44.4. The second-order valence-electron chi connectivity index (χ2n) is 8.61. The summed E-state index contributed by atoms with van der Waals surface area (Å²) in [6.45, 7) is 12.3. The SMILES string of the molecule is CCOC(CN(Cc1ccccc1)C(=O)[C@@H](NC(=O)C(ONC(=O)O)C(C)C)[C@@H](C)CC)OCC. The summed E-state index contributed by atoms with van der Waals surface area (Å²) in [6, 6.07) is 8.69. The number of hydrogen-bond acceptors (Lipinski definition) is 6. The van der Waals surface area contributed by atoms with Crippen molar-refractivity contribution < 1.29 is 33.8 Å². The number of rotatable bonds is 16. The third kappa shape index (κ3) is 10.6. The maximum Gasteiger partial charge on any atom is 0.428 e. The molecule has 1 aromatic carbocycles. The minimum absolute atomic E-state index is 0.183. The molecule has 0 aliphatic heterocycles. The van der Waals surface area contributed by atoms with Crippen LogP contribution >= 0.6 is 0 Å². The minimum Gasteiger partial charge on any atom is -0.464 e. The number of nitrogens with zero attached hydrogens (tertiary/aromatic N) is 1. The molecule has 0 saturated heterocycles. The van der Waals surface area contributed by atoms with Gasteiger partial charge in [0, 0.05) is 19.8 Å². The highest BCUT2D eigenvalue weighted by Gasteiger charge is 2.34. The van der Waals surface area contributed by atoms with Gasteiger partial charge in [-0.15, -0.1) is 0 Å².